The van der Waals surface area contributed by atoms with E-state index in [0.29, 0.717) is 0 Å². The second kappa shape index (κ2) is 4.43. The molecule has 3 nitrogen and oxygen atoms in total. The van der Waals surface area contributed by atoms with Crippen molar-refractivity contribution in [3.05, 3.63) is 70.8 Å². The molecule has 106 valence electrons. The van der Waals surface area contributed by atoms with Gasteiger partial charge in [-0.15, -0.1) is 0 Å². The van der Waals surface area contributed by atoms with E-state index in [4.69, 9.17) is 4.74 Å². The van der Waals surface area contributed by atoms with Crippen molar-refractivity contribution < 1.29 is 14.6 Å². The number of fused-ring (bicyclic) bond motifs is 7. The molecule has 21 heavy (non-hydrogen) atoms. The fourth-order valence-corrected chi connectivity index (χ4v) is 4.10. The summed E-state index contributed by atoms with van der Waals surface area (Å²) in [5, 5.41) is 10.8. The lowest BCUT2D eigenvalue weighted by Gasteiger charge is -2.34. The van der Waals surface area contributed by atoms with E-state index in [1.807, 2.05) is 42.5 Å². The molecule has 0 spiro atoms. The molecule has 0 aromatic heterocycles. The minimum atomic E-state index is -0.662. The van der Waals surface area contributed by atoms with Gasteiger partial charge in [0.25, 0.3) is 0 Å². The smallest absolute Gasteiger partial charge is 0.310 e. The van der Waals surface area contributed by atoms with Gasteiger partial charge in [-0.3, -0.25) is 4.79 Å². The molecule has 0 radical (unpaired) electrons. The van der Waals surface area contributed by atoms with Gasteiger partial charge < -0.3 is 9.84 Å². The van der Waals surface area contributed by atoms with Gasteiger partial charge in [0.05, 0.1) is 19.1 Å². The summed E-state index contributed by atoms with van der Waals surface area (Å²) < 4.78 is 5.02. The molecule has 0 fully saturated rings. The zero-order valence-electron chi connectivity index (χ0n) is 11.7. The summed E-state index contributed by atoms with van der Waals surface area (Å²) in [5.41, 5.74) is 4.19. The van der Waals surface area contributed by atoms with Crippen molar-refractivity contribution in [2.24, 2.45) is 5.92 Å². The summed E-state index contributed by atoms with van der Waals surface area (Å²) in [6.07, 6.45) is -0.662. The molecule has 4 atom stereocenters. The monoisotopic (exact) mass is 280 g/mol. The van der Waals surface area contributed by atoms with E-state index in [2.05, 4.69) is 6.07 Å². The number of ether oxygens (including phenoxy) is 1. The molecule has 3 heteroatoms. The lowest BCUT2D eigenvalue weighted by atomic mass is 9.71. The number of aliphatic hydroxyl groups is 1. The average molecular weight is 280 g/mol. The van der Waals surface area contributed by atoms with E-state index in [1.54, 1.807) is 0 Å². The lowest BCUT2D eigenvalue weighted by molar-refractivity contribution is -0.148. The van der Waals surface area contributed by atoms with Crippen molar-refractivity contribution >= 4 is 5.97 Å². The molecule has 0 amide bonds. The van der Waals surface area contributed by atoms with Gasteiger partial charge in [-0.1, -0.05) is 48.5 Å². The van der Waals surface area contributed by atoms with Crippen LogP contribution in [0.2, 0.25) is 0 Å². The number of aliphatic hydroxyl groups excluding tert-OH is 1. The maximum Gasteiger partial charge on any atom is 0.310 e. The zero-order valence-corrected chi connectivity index (χ0v) is 11.7. The summed E-state index contributed by atoms with van der Waals surface area (Å²) >= 11 is 0. The Kier molecular flexibility index (Phi) is 2.66. The van der Waals surface area contributed by atoms with Crippen LogP contribution in [0.15, 0.2) is 48.5 Å². The van der Waals surface area contributed by atoms with Crippen LogP contribution in [0.5, 0.6) is 0 Å². The summed E-state index contributed by atoms with van der Waals surface area (Å²) in [7, 11) is 1.42. The van der Waals surface area contributed by atoms with Crippen LogP contribution in [0.25, 0.3) is 0 Å². The minimum absolute atomic E-state index is 0.0155. The number of rotatable bonds is 1. The first kappa shape index (κ1) is 12.6. The van der Waals surface area contributed by atoms with Crippen molar-refractivity contribution in [1.29, 1.82) is 0 Å². The Hall–Kier alpha value is -2.13. The van der Waals surface area contributed by atoms with Crippen molar-refractivity contribution in [3.8, 4) is 0 Å². The molecule has 4 rings (SSSR count). The first-order chi connectivity index (χ1) is 10.2. The minimum Gasteiger partial charge on any atom is -0.469 e. The molecule has 2 bridgehead atoms. The number of carbonyl (C=O) groups excluding carboxylic acids is 1. The van der Waals surface area contributed by atoms with Crippen molar-refractivity contribution in [3.63, 3.8) is 0 Å². The standard InChI is InChI=1S/C18H16O3/c1-21-18(20)16-14-10-6-2-3-7-11(10)15(16)17(19)13-9-5-4-8-12(13)14/h2-9,14-17,19H,1H3/t14-,15-,16+,17+/m0/s1. The number of hydrogen-bond acceptors (Lipinski definition) is 3. The van der Waals surface area contributed by atoms with Crippen molar-refractivity contribution in [1.82, 2.24) is 0 Å². The Morgan fingerprint density at radius 2 is 1.48 bits per heavy atom. The highest BCUT2D eigenvalue weighted by molar-refractivity contribution is 5.79. The summed E-state index contributed by atoms with van der Waals surface area (Å²) in [6, 6.07) is 15.9. The Balaban J connectivity index is 2.00. The van der Waals surface area contributed by atoms with Gasteiger partial charge in [0.2, 0.25) is 0 Å². The largest absolute Gasteiger partial charge is 0.469 e. The molecule has 2 aromatic carbocycles. The Morgan fingerprint density at radius 3 is 2.10 bits per heavy atom. The van der Waals surface area contributed by atoms with Crippen LogP contribution in [0.4, 0.5) is 0 Å². The summed E-state index contributed by atoms with van der Waals surface area (Å²) in [6.45, 7) is 0. The molecular weight excluding hydrogens is 264 g/mol. The third-order valence-electron chi connectivity index (χ3n) is 4.90. The van der Waals surface area contributed by atoms with Gasteiger partial charge in [0.15, 0.2) is 0 Å². The second-order valence-electron chi connectivity index (χ2n) is 5.76. The van der Waals surface area contributed by atoms with Crippen LogP contribution in [0.1, 0.15) is 40.2 Å². The van der Waals surface area contributed by atoms with Crippen molar-refractivity contribution in [2.75, 3.05) is 7.11 Å². The van der Waals surface area contributed by atoms with Crippen molar-refractivity contribution in [2.45, 2.75) is 17.9 Å². The number of hydrogen-bond donors (Lipinski definition) is 1. The second-order valence-corrected chi connectivity index (χ2v) is 5.76. The number of benzene rings is 2. The molecule has 1 N–H and O–H groups in total. The van der Waals surface area contributed by atoms with E-state index in [9.17, 15) is 9.90 Å². The van der Waals surface area contributed by atoms with Crippen LogP contribution in [-0.4, -0.2) is 18.2 Å². The maximum absolute atomic E-state index is 12.3. The Morgan fingerprint density at radius 1 is 0.952 bits per heavy atom. The van der Waals surface area contributed by atoms with E-state index in [-0.39, 0.29) is 23.7 Å². The lowest BCUT2D eigenvalue weighted by Crippen LogP contribution is -2.32. The van der Waals surface area contributed by atoms with Gasteiger partial charge in [0.1, 0.15) is 0 Å². The molecule has 0 saturated heterocycles. The third-order valence-corrected chi connectivity index (χ3v) is 4.90. The van der Waals surface area contributed by atoms with Crippen LogP contribution in [0.3, 0.4) is 0 Å². The molecular formula is C18H16O3. The number of methoxy groups -OCH3 is 1. The molecule has 2 aliphatic rings. The highest BCUT2D eigenvalue weighted by Gasteiger charge is 2.53. The van der Waals surface area contributed by atoms with Crippen LogP contribution in [0, 0.1) is 5.92 Å². The normalized spacial score (nSPS) is 28.7. The van der Waals surface area contributed by atoms with Gasteiger partial charge >= 0.3 is 5.97 Å². The van der Waals surface area contributed by atoms with Gasteiger partial charge in [-0.2, -0.15) is 0 Å². The fraction of sp³-hybridized carbons (Fsp3) is 0.278. The van der Waals surface area contributed by atoms with E-state index >= 15 is 0 Å². The third kappa shape index (κ3) is 1.55. The Labute approximate surface area is 123 Å². The fourth-order valence-electron chi connectivity index (χ4n) is 4.10. The number of carbonyl (C=O) groups is 1. The van der Waals surface area contributed by atoms with E-state index < -0.39 is 6.10 Å². The average Bonchev–Trinajstić information content (AvgIpc) is 2.83. The number of esters is 1. The molecule has 2 aromatic rings. The van der Waals surface area contributed by atoms with Gasteiger partial charge in [-0.05, 0) is 22.3 Å². The van der Waals surface area contributed by atoms with Crippen LogP contribution >= 0.6 is 0 Å². The first-order valence-electron chi connectivity index (χ1n) is 7.17. The quantitative estimate of drug-likeness (QED) is 0.817. The highest BCUT2D eigenvalue weighted by Crippen LogP contribution is 2.59. The van der Waals surface area contributed by atoms with Gasteiger partial charge in [-0.25, -0.2) is 0 Å². The maximum atomic E-state index is 12.3. The topological polar surface area (TPSA) is 46.5 Å². The molecule has 0 unspecified atom stereocenters. The molecule has 2 aliphatic carbocycles. The van der Waals surface area contributed by atoms with Crippen LogP contribution < -0.4 is 0 Å². The zero-order chi connectivity index (χ0) is 14.6. The van der Waals surface area contributed by atoms with Crippen LogP contribution in [-0.2, 0) is 9.53 Å². The highest BCUT2D eigenvalue weighted by atomic mass is 16.5. The predicted octanol–water partition coefficient (Wildman–Crippen LogP) is 2.75. The van der Waals surface area contributed by atoms with E-state index in [1.165, 1.54) is 7.11 Å². The predicted molar refractivity (Wildman–Crippen MR) is 77.9 cm³/mol. The molecule has 0 saturated carbocycles. The Bertz CT molecular complexity index is 722. The van der Waals surface area contributed by atoms with Gasteiger partial charge in [0, 0.05) is 11.8 Å². The first-order valence-corrected chi connectivity index (χ1v) is 7.17. The van der Waals surface area contributed by atoms with E-state index in [0.717, 1.165) is 22.3 Å². The summed E-state index contributed by atoms with van der Waals surface area (Å²) in [4.78, 5) is 12.3. The molecule has 0 aliphatic heterocycles. The SMILES string of the molecule is COC(=O)[C@@H]1[C@H]2c3ccccc3[C@@H]1[C@H](O)c1ccccc12. The summed E-state index contributed by atoms with van der Waals surface area (Å²) in [5.74, 6) is -0.807. The molecule has 0 heterocycles.